The molecule has 0 spiro atoms. The van der Waals surface area contributed by atoms with Crippen molar-refractivity contribution in [2.45, 2.75) is 11.4 Å². The molecule has 1 aromatic carbocycles. The van der Waals surface area contributed by atoms with Gasteiger partial charge >= 0.3 is 6.03 Å². The van der Waals surface area contributed by atoms with Gasteiger partial charge in [-0.1, -0.05) is 0 Å². The van der Waals surface area contributed by atoms with Crippen LogP contribution in [0.25, 0.3) is 0 Å². The lowest BCUT2D eigenvalue weighted by Gasteiger charge is -2.09. The largest absolute Gasteiger partial charge is 0.497 e. The van der Waals surface area contributed by atoms with Gasteiger partial charge in [-0.3, -0.25) is 0 Å². The summed E-state index contributed by atoms with van der Waals surface area (Å²) in [4.78, 5) is 11.7. The second kappa shape index (κ2) is 8.37. The zero-order chi connectivity index (χ0) is 17.4. The molecule has 130 valence electrons. The van der Waals surface area contributed by atoms with Crippen molar-refractivity contribution in [2.75, 3.05) is 20.2 Å². The van der Waals surface area contributed by atoms with Gasteiger partial charge in [-0.25, -0.2) is 17.9 Å². The molecule has 0 unspecified atom stereocenters. The van der Waals surface area contributed by atoms with Crippen molar-refractivity contribution in [3.05, 3.63) is 48.4 Å². The summed E-state index contributed by atoms with van der Waals surface area (Å²) in [5.74, 6) is 1.20. The standard InChI is InChI=1S/C15H19N3O5S/c1-22-12-4-6-14(7-5-12)24(20,21)18-9-8-16-15(19)17-11-13-3-2-10-23-13/h2-7,10,18H,8-9,11H2,1H3,(H2,16,17,19). The van der Waals surface area contributed by atoms with Crippen molar-refractivity contribution >= 4 is 16.1 Å². The first-order chi connectivity index (χ1) is 11.5. The van der Waals surface area contributed by atoms with E-state index in [1.807, 2.05) is 0 Å². The Kier molecular flexibility index (Phi) is 6.21. The van der Waals surface area contributed by atoms with E-state index in [2.05, 4.69) is 15.4 Å². The molecule has 0 aliphatic carbocycles. The molecule has 2 amide bonds. The van der Waals surface area contributed by atoms with Crippen LogP contribution in [0, 0.1) is 0 Å². The van der Waals surface area contributed by atoms with Gasteiger partial charge in [0.25, 0.3) is 0 Å². The Bertz CT molecular complexity index is 742. The van der Waals surface area contributed by atoms with Crippen molar-refractivity contribution in [3.63, 3.8) is 0 Å². The summed E-state index contributed by atoms with van der Waals surface area (Å²) in [6.07, 6.45) is 1.52. The number of rotatable bonds is 8. The molecule has 1 heterocycles. The van der Waals surface area contributed by atoms with E-state index < -0.39 is 16.1 Å². The number of carbonyl (C=O) groups excluding carboxylic acids is 1. The van der Waals surface area contributed by atoms with Gasteiger partial charge in [-0.05, 0) is 36.4 Å². The van der Waals surface area contributed by atoms with Crippen LogP contribution < -0.4 is 20.1 Å². The summed E-state index contributed by atoms with van der Waals surface area (Å²) >= 11 is 0. The van der Waals surface area contributed by atoms with Crippen LogP contribution in [0.15, 0.2) is 52.0 Å². The SMILES string of the molecule is COc1ccc(S(=O)(=O)NCCNC(=O)NCc2ccco2)cc1. The van der Waals surface area contributed by atoms with Gasteiger partial charge in [0.1, 0.15) is 11.5 Å². The Morgan fingerprint density at radius 1 is 1.12 bits per heavy atom. The zero-order valence-corrected chi connectivity index (χ0v) is 13.9. The second-order valence-electron chi connectivity index (χ2n) is 4.76. The molecule has 0 saturated heterocycles. The van der Waals surface area contributed by atoms with Crippen LogP contribution in [-0.4, -0.2) is 34.6 Å². The molecule has 9 heteroatoms. The molecule has 24 heavy (non-hydrogen) atoms. The quantitative estimate of drug-likeness (QED) is 0.615. The van der Waals surface area contributed by atoms with E-state index in [4.69, 9.17) is 9.15 Å². The number of nitrogens with one attached hydrogen (secondary N) is 3. The number of hydrogen-bond acceptors (Lipinski definition) is 5. The smallest absolute Gasteiger partial charge is 0.315 e. The third-order valence-corrected chi connectivity index (χ3v) is 4.55. The van der Waals surface area contributed by atoms with Crippen molar-refractivity contribution in [2.24, 2.45) is 0 Å². The third-order valence-electron chi connectivity index (χ3n) is 3.08. The molecule has 1 aromatic heterocycles. The van der Waals surface area contributed by atoms with Crippen LogP contribution >= 0.6 is 0 Å². The van der Waals surface area contributed by atoms with Crippen molar-refractivity contribution < 1.29 is 22.4 Å². The van der Waals surface area contributed by atoms with Gasteiger partial charge in [0.15, 0.2) is 0 Å². The molecule has 0 fully saturated rings. The summed E-state index contributed by atoms with van der Waals surface area (Å²) in [5.41, 5.74) is 0. The van der Waals surface area contributed by atoms with Crippen LogP contribution in [0.2, 0.25) is 0 Å². The fraction of sp³-hybridized carbons (Fsp3) is 0.267. The number of benzene rings is 1. The predicted octanol–water partition coefficient (Wildman–Crippen LogP) is 1.07. The summed E-state index contributed by atoms with van der Waals surface area (Å²) in [6, 6.07) is 9.08. The first kappa shape index (κ1) is 17.8. The van der Waals surface area contributed by atoms with E-state index in [0.717, 1.165) is 0 Å². The molecule has 2 rings (SSSR count). The van der Waals surface area contributed by atoms with Gasteiger partial charge in [0, 0.05) is 13.1 Å². The maximum absolute atomic E-state index is 12.1. The first-order valence-electron chi connectivity index (χ1n) is 7.19. The van der Waals surface area contributed by atoms with E-state index in [1.54, 1.807) is 24.3 Å². The lowest BCUT2D eigenvalue weighted by molar-refractivity contribution is 0.239. The minimum atomic E-state index is -3.62. The Morgan fingerprint density at radius 3 is 2.50 bits per heavy atom. The van der Waals surface area contributed by atoms with Crippen LogP contribution in [-0.2, 0) is 16.6 Å². The van der Waals surface area contributed by atoms with Crippen LogP contribution in [0.5, 0.6) is 5.75 Å². The minimum Gasteiger partial charge on any atom is -0.497 e. The van der Waals surface area contributed by atoms with Gasteiger partial charge < -0.3 is 19.8 Å². The van der Waals surface area contributed by atoms with E-state index in [1.165, 1.54) is 25.5 Å². The summed E-state index contributed by atoms with van der Waals surface area (Å²) < 4.78 is 36.6. The number of ether oxygens (including phenoxy) is 1. The molecule has 3 N–H and O–H groups in total. The number of furan rings is 1. The highest BCUT2D eigenvalue weighted by Crippen LogP contribution is 2.14. The third kappa shape index (κ3) is 5.28. The number of methoxy groups -OCH3 is 1. The maximum Gasteiger partial charge on any atom is 0.315 e. The number of sulfonamides is 1. The Hall–Kier alpha value is -2.52. The zero-order valence-electron chi connectivity index (χ0n) is 13.1. The number of urea groups is 1. The minimum absolute atomic E-state index is 0.0720. The Morgan fingerprint density at radius 2 is 1.88 bits per heavy atom. The Labute approximate surface area is 140 Å². The first-order valence-corrected chi connectivity index (χ1v) is 8.67. The van der Waals surface area contributed by atoms with E-state index in [0.29, 0.717) is 11.5 Å². The molecule has 0 atom stereocenters. The molecule has 0 radical (unpaired) electrons. The lowest BCUT2D eigenvalue weighted by Crippen LogP contribution is -2.39. The molecule has 2 aromatic rings. The highest BCUT2D eigenvalue weighted by atomic mass is 32.2. The van der Waals surface area contributed by atoms with Gasteiger partial charge in [0.05, 0.1) is 24.8 Å². The summed E-state index contributed by atoms with van der Waals surface area (Å²) in [5, 5.41) is 5.14. The summed E-state index contributed by atoms with van der Waals surface area (Å²) in [7, 11) is -2.12. The van der Waals surface area contributed by atoms with Crippen LogP contribution in [0.3, 0.4) is 0 Å². The fourth-order valence-electron chi connectivity index (χ4n) is 1.84. The van der Waals surface area contributed by atoms with Crippen molar-refractivity contribution in [1.82, 2.24) is 15.4 Å². The van der Waals surface area contributed by atoms with E-state index in [9.17, 15) is 13.2 Å². The normalized spacial score (nSPS) is 11.0. The fourth-order valence-corrected chi connectivity index (χ4v) is 2.87. The second-order valence-corrected chi connectivity index (χ2v) is 6.53. The maximum atomic E-state index is 12.1. The lowest BCUT2D eigenvalue weighted by atomic mass is 10.3. The van der Waals surface area contributed by atoms with Crippen LogP contribution in [0.1, 0.15) is 5.76 Å². The molecule has 0 saturated carbocycles. The van der Waals surface area contributed by atoms with Crippen LogP contribution in [0.4, 0.5) is 4.79 Å². The molecular weight excluding hydrogens is 334 g/mol. The molecule has 8 nitrogen and oxygen atoms in total. The number of hydrogen-bond donors (Lipinski definition) is 3. The van der Waals surface area contributed by atoms with Crippen molar-refractivity contribution in [3.8, 4) is 5.75 Å². The molecule has 0 bridgehead atoms. The van der Waals surface area contributed by atoms with Gasteiger partial charge in [0.2, 0.25) is 10.0 Å². The van der Waals surface area contributed by atoms with Gasteiger partial charge in [-0.15, -0.1) is 0 Å². The Balaban J connectivity index is 1.71. The highest BCUT2D eigenvalue weighted by Gasteiger charge is 2.13. The monoisotopic (exact) mass is 353 g/mol. The molecular formula is C15H19N3O5S. The van der Waals surface area contributed by atoms with Gasteiger partial charge in [-0.2, -0.15) is 0 Å². The number of amides is 2. The average molecular weight is 353 g/mol. The van der Waals surface area contributed by atoms with E-state index >= 15 is 0 Å². The average Bonchev–Trinajstić information content (AvgIpc) is 3.10. The van der Waals surface area contributed by atoms with E-state index in [-0.39, 0.29) is 24.5 Å². The number of carbonyl (C=O) groups is 1. The predicted molar refractivity (Wildman–Crippen MR) is 87.1 cm³/mol. The molecule has 0 aliphatic rings. The van der Waals surface area contributed by atoms with Crippen molar-refractivity contribution in [1.29, 1.82) is 0 Å². The summed E-state index contributed by atoms with van der Waals surface area (Å²) in [6.45, 7) is 0.484. The topological polar surface area (TPSA) is 110 Å². The molecule has 0 aliphatic heterocycles. The highest BCUT2D eigenvalue weighted by molar-refractivity contribution is 7.89.